The molecular weight excluding hydrogens is 326 g/mol. The molecule has 0 saturated heterocycles. The van der Waals surface area contributed by atoms with Crippen molar-refractivity contribution in [2.75, 3.05) is 5.32 Å². The summed E-state index contributed by atoms with van der Waals surface area (Å²) in [5.74, 6) is 0. The van der Waals surface area contributed by atoms with Gasteiger partial charge >= 0.3 is 0 Å². The van der Waals surface area contributed by atoms with Gasteiger partial charge in [-0.1, -0.05) is 48.5 Å². The molecule has 0 bridgehead atoms. The van der Waals surface area contributed by atoms with E-state index in [1.165, 1.54) is 51.9 Å². The van der Waals surface area contributed by atoms with E-state index >= 15 is 0 Å². The first-order valence-electron chi connectivity index (χ1n) is 10.1. The summed E-state index contributed by atoms with van der Waals surface area (Å²) in [5, 5.41) is 3.87. The smallest absolute Gasteiger partial charge is 0.0422 e. The van der Waals surface area contributed by atoms with Gasteiger partial charge < -0.3 is 5.32 Å². The van der Waals surface area contributed by atoms with Crippen molar-refractivity contribution in [3.8, 4) is 11.1 Å². The summed E-state index contributed by atoms with van der Waals surface area (Å²) in [6, 6.07) is 19.9. The summed E-state index contributed by atoms with van der Waals surface area (Å²) < 4.78 is 0. The van der Waals surface area contributed by atoms with Crippen LogP contribution in [-0.2, 0) is 12.8 Å². The Morgan fingerprint density at radius 1 is 0.704 bits per heavy atom. The summed E-state index contributed by atoms with van der Waals surface area (Å²) >= 11 is 0. The number of benzene rings is 3. The van der Waals surface area contributed by atoms with Crippen LogP contribution in [0.5, 0.6) is 0 Å². The zero-order valence-electron chi connectivity index (χ0n) is 16.9. The third kappa shape index (κ3) is 3.27. The minimum atomic E-state index is 0.488. The Kier molecular flexibility index (Phi) is 4.78. The molecule has 1 aliphatic rings. The summed E-state index contributed by atoms with van der Waals surface area (Å²) in [5.41, 5.74) is 12.9. The monoisotopic (exact) mass is 355 g/mol. The number of fused-ring (bicyclic) bond motifs is 1. The fourth-order valence-electron chi connectivity index (χ4n) is 4.57. The van der Waals surface area contributed by atoms with Crippen molar-refractivity contribution in [1.29, 1.82) is 0 Å². The molecule has 3 aromatic rings. The molecule has 0 spiro atoms. The van der Waals surface area contributed by atoms with E-state index in [2.05, 4.69) is 87.6 Å². The molecule has 0 fully saturated rings. The van der Waals surface area contributed by atoms with Crippen LogP contribution < -0.4 is 5.32 Å². The summed E-state index contributed by atoms with van der Waals surface area (Å²) in [7, 11) is 0. The van der Waals surface area contributed by atoms with E-state index in [0.29, 0.717) is 6.04 Å². The third-order valence-corrected chi connectivity index (χ3v) is 6.52. The maximum absolute atomic E-state index is 3.87. The second-order valence-electron chi connectivity index (χ2n) is 7.95. The molecule has 3 aromatic carbocycles. The highest BCUT2D eigenvalue weighted by atomic mass is 14.9. The molecule has 1 aliphatic carbocycles. The van der Waals surface area contributed by atoms with Crippen LogP contribution in [-0.4, -0.2) is 6.04 Å². The minimum absolute atomic E-state index is 0.488. The third-order valence-electron chi connectivity index (χ3n) is 6.52. The standard InChI is InChI=1S/C26H29N/c1-17-18(2)20(4)25-16-22(14-15-23(25)19(17)3)27-26-13-9-8-12-24(26)21-10-6-5-7-11-21/h5-13,22,27H,14-16H2,1-4H3. The summed E-state index contributed by atoms with van der Waals surface area (Å²) in [6.45, 7) is 9.16. The van der Waals surface area contributed by atoms with Crippen LogP contribution in [0.25, 0.3) is 11.1 Å². The van der Waals surface area contributed by atoms with Gasteiger partial charge in [0.1, 0.15) is 0 Å². The highest BCUT2D eigenvalue weighted by molar-refractivity contribution is 5.78. The van der Waals surface area contributed by atoms with E-state index in [1.807, 2.05) is 0 Å². The van der Waals surface area contributed by atoms with Gasteiger partial charge in [-0.3, -0.25) is 0 Å². The van der Waals surface area contributed by atoms with Crippen molar-refractivity contribution in [3.63, 3.8) is 0 Å². The largest absolute Gasteiger partial charge is 0.381 e. The van der Waals surface area contributed by atoms with Crippen molar-refractivity contribution in [2.24, 2.45) is 0 Å². The van der Waals surface area contributed by atoms with Gasteiger partial charge in [0.05, 0.1) is 0 Å². The van der Waals surface area contributed by atoms with Crippen LogP contribution in [0, 0.1) is 27.7 Å². The maximum Gasteiger partial charge on any atom is 0.0422 e. The van der Waals surface area contributed by atoms with Crippen molar-refractivity contribution in [1.82, 2.24) is 0 Å². The second kappa shape index (κ2) is 7.23. The van der Waals surface area contributed by atoms with E-state index in [1.54, 1.807) is 11.1 Å². The lowest BCUT2D eigenvalue weighted by Gasteiger charge is -2.31. The molecule has 1 N–H and O–H groups in total. The van der Waals surface area contributed by atoms with Gasteiger partial charge in [0.15, 0.2) is 0 Å². The number of hydrogen-bond donors (Lipinski definition) is 1. The fourth-order valence-corrected chi connectivity index (χ4v) is 4.57. The Hall–Kier alpha value is -2.54. The zero-order valence-corrected chi connectivity index (χ0v) is 16.9. The molecule has 1 atom stereocenters. The van der Waals surface area contributed by atoms with Crippen LogP contribution in [0.2, 0.25) is 0 Å². The molecule has 1 nitrogen and oxygen atoms in total. The zero-order chi connectivity index (χ0) is 19.0. The minimum Gasteiger partial charge on any atom is -0.381 e. The summed E-state index contributed by atoms with van der Waals surface area (Å²) in [4.78, 5) is 0. The topological polar surface area (TPSA) is 12.0 Å². The van der Waals surface area contributed by atoms with E-state index < -0.39 is 0 Å². The molecule has 1 heteroatoms. The fraction of sp³-hybridized carbons (Fsp3) is 0.308. The van der Waals surface area contributed by atoms with Crippen LogP contribution in [0.1, 0.15) is 39.8 Å². The highest BCUT2D eigenvalue weighted by Crippen LogP contribution is 2.35. The molecule has 0 heterocycles. The first kappa shape index (κ1) is 17.9. The molecule has 1 unspecified atom stereocenters. The van der Waals surface area contributed by atoms with Crippen molar-refractivity contribution < 1.29 is 0 Å². The second-order valence-corrected chi connectivity index (χ2v) is 7.95. The number of para-hydroxylation sites is 1. The van der Waals surface area contributed by atoms with Gasteiger partial charge in [-0.05, 0) is 92.0 Å². The lowest BCUT2D eigenvalue weighted by atomic mass is 9.79. The van der Waals surface area contributed by atoms with E-state index in [9.17, 15) is 0 Å². The molecule has 27 heavy (non-hydrogen) atoms. The van der Waals surface area contributed by atoms with Crippen LogP contribution in [0.3, 0.4) is 0 Å². The predicted molar refractivity (Wildman–Crippen MR) is 117 cm³/mol. The molecule has 0 saturated carbocycles. The molecule has 4 rings (SSSR count). The van der Waals surface area contributed by atoms with E-state index in [4.69, 9.17) is 0 Å². The van der Waals surface area contributed by atoms with Gasteiger partial charge in [0.25, 0.3) is 0 Å². The van der Waals surface area contributed by atoms with Gasteiger partial charge in [-0.15, -0.1) is 0 Å². The SMILES string of the molecule is Cc1c(C)c(C)c2c(c1C)CCC(Nc1ccccc1-c1ccccc1)C2. The lowest BCUT2D eigenvalue weighted by Crippen LogP contribution is -2.29. The first-order valence-corrected chi connectivity index (χ1v) is 10.1. The average Bonchev–Trinajstić information content (AvgIpc) is 2.71. The van der Waals surface area contributed by atoms with Gasteiger partial charge in [-0.25, -0.2) is 0 Å². The Labute approximate surface area is 163 Å². The van der Waals surface area contributed by atoms with E-state index in [0.717, 1.165) is 6.42 Å². The van der Waals surface area contributed by atoms with Gasteiger partial charge in [0, 0.05) is 17.3 Å². The van der Waals surface area contributed by atoms with Gasteiger partial charge in [-0.2, -0.15) is 0 Å². The number of rotatable bonds is 3. The van der Waals surface area contributed by atoms with E-state index in [-0.39, 0.29) is 0 Å². The predicted octanol–water partition coefficient (Wildman–Crippen LogP) is 6.56. The first-order chi connectivity index (χ1) is 13.1. The van der Waals surface area contributed by atoms with Crippen molar-refractivity contribution in [3.05, 3.63) is 88.0 Å². The Morgan fingerprint density at radius 3 is 2.07 bits per heavy atom. The molecule has 0 aromatic heterocycles. The number of nitrogens with one attached hydrogen (secondary N) is 1. The van der Waals surface area contributed by atoms with Crippen molar-refractivity contribution in [2.45, 2.75) is 53.0 Å². The van der Waals surface area contributed by atoms with Crippen LogP contribution in [0.15, 0.2) is 54.6 Å². The average molecular weight is 356 g/mol. The Bertz CT molecular complexity index is 969. The highest BCUT2D eigenvalue weighted by Gasteiger charge is 2.24. The lowest BCUT2D eigenvalue weighted by molar-refractivity contribution is 0.605. The number of hydrogen-bond acceptors (Lipinski definition) is 1. The Morgan fingerprint density at radius 2 is 1.33 bits per heavy atom. The Balaban J connectivity index is 1.64. The molecule has 138 valence electrons. The molecule has 0 radical (unpaired) electrons. The molecular formula is C26H29N. The van der Waals surface area contributed by atoms with Crippen LogP contribution in [0.4, 0.5) is 5.69 Å². The maximum atomic E-state index is 3.87. The van der Waals surface area contributed by atoms with Gasteiger partial charge in [0.2, 0.25) is 0 Å². The normalized spacial score (nSPS) is 16.1. The molecule has 0 aliphatic heterocycles. The number of anilines is 1. The van der Waals surface area contributed by atoms with Crippen LogP contribution >= 0.6 is 0 Å². The van der Waals surface area contributed by atoms with Crippen molar-refractivity contribution >= 4 is 5.69 Å². The quantitative estimate of drug-likeness (QED) is 0.561. The summed E-state index contributed by atoms with van der Waals surface area (Å²) in [6.07, 6.45) is 3.49. The molecule has 0 amide bonds.